The molecule has 1 aliphatic rings. The molecule has 0 unspecified atom stereocenters. The van der Waals surface area contributed by atoms with Crippen molar-refractivity contribution in [1.82, 2.24) is 15.5 Å². The van der Waals surface area contributed by atoms with E-state index >= 15 is 0 Å². The second-order valence-corrected chi connectivity index (χ2v) is 4.14. The predicted octanol–water partition coefficient (Wildman–Crippen LogP) is 1.86. The Hall–Kier alpha value is -1.04. The first-order valence-corrected chi connectivity index (χ1v) is 4.93. The Kier molecular flexibility index (Phi) is 2.46. The lowest BCUT2D eigenvalue weighted by atomic mass is 10.2. The lowest BCUT2D eigenvalue weighted by molar-refractivity contribution is 0.0200. The van der Waals surface area contributed by atoms with Crippen molar-refractivity contribution in [2.24, 2.45) is 0 Å². The highest BCUT2D eigenvalue weighted by atomic mass is 19.3. The molecule has 1 N–H and O–H groups in total. The highest BCUT2D eigenvalue weighted by Crippen LogP contribution is 2.33. The van der Waals surface area contributed by atoms with Gasteiger partial charge in [-0.25, -0.2) is 8.78 Å². The van der Waals surface area contributed by atoms with Crippen LogP contribution in [0.25, 0.3) is 0 Å². The third-order valence-electron chi connectivity index (χ3n) is 2.38. The van der Waals surface area contributed by atoms with Gasteiger partial charge >= 0.3 is 0 Å². The molecular formula is C9H13F2N3O. The fraction of sp³-hybridized carbons (Fsp3) is 0.778. The van der Waals surface area contributed by atoms with Crippen LogP contribution in [-0.2, 0) is 0 Å². The summed E-state index contributed by atoms with van der Waals surface area (Å²) < 4.78 is 30.7. The van der Waals surface area contributed by atoms with Gasteiger partial charge in [0.2, 0.25) is 5.89 Å². The zero-order valence-electron chi connectivity index (χ0n) is 8.63. The summed E-state index contributed by atoms with van der Waals surface area (Å²) in [5, 5.41) is 6.41. The van der Waals surface area contributed by atoms with E-state index < -0.39 is 12.0 Å². The summed E-state index contributed by atoms with van der Waals surface area (Å²) in [6.07, 6.45) is -0.271. The zero-order valence-corrected chi connectivity index (χ0v) is 8.63. The smallest absolute Gasteiger partial charge is 0.262 e. The third kappa shape index (κ3) is 2.14. The summed E-state index contributed by atoms with van der Waals surface area (Å²) in [4.78, 5) is 4.08. The van der Waals surface area contributed by atoms with Gasteiger partial charge in [-0.2, -0.15) is 4.98 Å². The molecule has 2 heterocycles. The number of alkyl halides is 2. The van der Waals surface area contributed by atoms with E-state index in [-0.39, 0.29) is 24.8 Å². The van der Waals surface area contributed by atoms with Crippen molar-refractivity contribution in [3.8, 4) is 0 Å². The van der Waals surface area contributed by atoms with Gasteiger partial charge in [0.1, 0.15) is 0 Å². The average Bonchev–Trinajstić information content (AvgIpc) is 2.70. The van der Waals surface area contributed by atoms with Crippen LogP contribution in [-0.4, -0.2) is 22.6 Å². The van der Waals surface area contributed by atoms with Crippen LogP contribution in [0.3, 0.4) is 0 Å². The number of halogens is 2. The van der Waals surface area contributed by atoms with E-state index in [2.05, 4.69) is 15.5 Å². The highest BCUT2D eigenvalue weighted by Gasteiger charge is 2.42. The van der Waals surface area contributed by atoms with Gasteiger partial charge in [0.25, 0.3) is 5.92 Å². The van der Waals surface area contributed by atoms with Crippen LogP contribution >= 0.6 is 0 Å². The molecule has 1 saturated heterocycles. The van der Waals surface area contributed by atoms with E-state index in [1.807, 2.05) is 13.8 Å². The van der Waals surface area contributed by atoms with Crippen molar-refractivity contribution >= 4 is 0 Å². The maximum Gasteiger partial charge on any atom is 0.262 e. The van der Waals surface area contributed by atoms with Crippen LogP contribution in [0.1, 0.15) is 43.9 Å². The summed E-state index contributed by atoms with van der Waals surface area (Å²) in [5.74, 6) is -1.71. The molecule has 0 amide bonds. The Morgan fingerprint density at radius 2 is 2.27 bits per heavy atom. The van der Waals surface area contributed by atoms with Crippen LogP contribution in [0.2, 0.25) is 0 Å². The van der Waals surface area contributed by atoms with E-state index in [0.29, 0.717) is 5.82 Å². The second kappa shape index (κ2) is 3.52. The molecule has 6 heteroatoms. The Bertz CT molecular complexity index is 351. The van der Waals surface area contributed by atoms with Crippen molar-refractivity contribution in [3.63, 3.8) is 0 Å². The molecule has 2 rings (SSSR count). The van der Waals surface area contributed by atoms with Crippen molar-refractivity contribution in [2.75, 3.05) is 6.54 Å². The van der Waals surface area contributed by atoms with E-state index in [4.69, 9.17) is 4.52 Å². The second-order valence-electron chi connectivity index (χ2n) is 4.14. The minimum atomic E-state index is -2.67. The van der Waals surface area contributed by atoms with Crippen molar-refractivity contribution in [3.05, 3.63) is 11.7 Å². The number of aromatic nitrogens is 2. The maximum atomic E-state index is 12.9. The molecule has 4 nitrogen and oxygen atoms in total. The maximum absolute atomic E-state index is 12.9. The van der Waals surface area contributed by atoms with Crippen molar-refractivity contribution in [1.29, 1.82) is 0 Å². The Morgan fingerprint density at radius 1 is 1.53 bits per heavy atom. The normalized spacial score (nSPS) is 25.0. The fourth-order valence-electron chi connectivity index (χ4n) is 1.51. The van der Waals surface area contributed by atoms with E-state index in [1.165, 1.54) is 0 Å². The molecule has 0 aliphatic carbocycles. The largest absolute Gasteiger partial charge is 0.338 e. The lowest BCUT2D eigenvalue weighted by Gasteiger charge is -2.04. The molecule has 1 aromatic rings. The van der Waals surface area contributed by atoms with Crippen molar-refractivity contribution in [2.45, 2.75) is 38.2 Å². The minimum Gasteiger partial charge on any atom is -0.338 e. The van der Waals surface area contributed by atoms with Gasteiger partial charge in [0.15, 0.2) is 5.82 Å². The lowest BCUT2D eigenvalue weighted by Crippen LogP contribution is -2.19. The molecular weight excluding hydrogens is 204 g/mol. The topological polar surface area (TPSA) is 51.0 Å². The third-order valence-corrected chi connectivity index (χ3v) is 2.38. The monoisotopic (exact) mass is 217 g/mol. The first-order valence-electron chi connectivity index (χ1n) is 4.93. The van der Waals surface area contributed by atoms with E-state index in [1.54, 1.807) is 0 Å². The van der Waals surface area contributed by atoms with Gasteiger partial charge < -0.3 is 4.52 Å². The summed E-state index contributed by atoms with van der Waals surface area (Å²) in [7, 11) is 0. The van der Waals surface area contributed by atoms with Crippen LogP contribution < -0.4 is 5.32 Å². The first kappa shape index (κ1) is 10.5. The molecule has 1 aliphatic heterocycles. The Morgan fingerprint density at radius 3 is 2.73 bits per heavy atom. The van der Waals surface area contributed by atoms with Crippen LogP contribution in [0.4, 0.5) is 8.78 Å². The zero-order chi connectivity index (χ0) is 11.1. The molecule has 15 heavy (non-hydrogen) atoms. The number of rotatable bonds is 2. The predicted molar refractivity (Wildman–Crippen MR) is 48.7 cm³/mol. The molecule has 0 bridgehead atoms. The summed E-state index contributed by atoms with van der Waals surface area (Å²) in [6.45, 7) is 3.52. The molecule has 0 aromatic carbocycles. The summed E-state index contributed by atoms with van der Waals surface area (Å²) in [5.41, 5.74) is 0. The number of hydrogen-bond donors (Lipinski definition) is 1. The SMILES string of the molecule is CC(C)c1noc([C@@H]2CC(F)(F)CN2)n1. The van der Waals surface area contributed by atoms with Gasteiger partial charge in [-0.3, -0.25) is 5.32 Å². The standard InChI is InChI=1S/C9H13F2N3O/c1-5(2)7-13-8(15-14-7)6-3-9(10,11)4-12-6/h5-6,12H,3-4H2,1-2H3/t6-/m0/s1. The molecule has 0 radical (unpaired) electrons. The summed E-state index contributed by atoms with van der Waals surface area (Å²) >= 11 is 0. The summed E-state index contributed by atoms with van der Waals surface area (Å²) in [6, 6.07) is -0.514. The fourth-order valence-corrected chi connectivity index (χ4v) is 1.51. The molecule has 0 spiro atoms. The van der Waals surface area contributed by atoms with Gasteiger partial charge in [-0.05, 0) is 0 Å². The van der Waals surface area contributed by atoms with Gasteiger partial charge in [-0.1, -0.05) is 19.0 Å². The Balaban J connectivity index is 2.11. The van der Waals surface area contributed by atoms with Crippen LogP contribution in [0.15, 0.2) is 4.52 Å². The molecule has 0 saturated carbocycles. The quantitative estimate of drug-likeness (QED) is 0.821. The van der Waals surface area contributed by atoms with E-state index in [0.717, 1.165) is 0 Å². The molecule has 84 valence electrons. The Labute approximate surface area is 86.0 Å². The number of nitrogens with zero attached hydrogens (tertiary/aromatic N) is 2. The molecule has 1 aromatic heterocycles. The molecule has 1 fully saturated rings. The van der Waals surface area contributed by atoms with Gasteiger partial charge in [-0.15, -0.1) is 0 Å². The first-order chi connectivity index (χ1) is 6.98. The number of nitrogens with one attached hydrogen (secondary N) is 1. The van der Waals surface area contributed by atoms with E-state index in [9.17, 15) is 8.78 Å². The van der Waals surface area contributed by atoms with Gasteiger partial charge in [0.05, 0.1) is 12.6 Å². The molecule has 1 atom stereocenters. The number of hydrogen-bond acceptors (Lipinski definition) is 4. The van der Waals surface area contributed by atoms with Crippen molar-refractivity contribution < 1.29 is 13.3 Å². The minimum absolute atomic E-state index is 0.143. The van der Waals surface area contributed by atoms with Crippen LogP contribution in [0.5, 0.6) is 0 Å². The van der Waals surface area contributed by atoms with Crippen LogP contribution in [0, 0.1) is 0 Å². The average molecular weight is 217 g/mol. The van der Waals surface area contributed by atoms with Gasteiger partial charge in [0, 0.05) is 12.3 Å². The highest BCUT2D eigenvalue weighted by molar-refractivity contribution is 5.01.